The number of guanidine groups is 1. The topological polar surface area (TPSA) is 69.1 Å². The summed E-state index contributed by atoms with van der Waals surface area (Å²) in [6, 6.07) is 7.25. The Morgan fingerprint density at radius 3 is 2.43 bits per heavy atom. The number of phenols is 1. The maximum Gasteiger partial charge on any atom is 0.191 e. The minimum absolute atomic E-state index is 0. The van der Waals surface area contributed by atoms with Crippen LogP contribution in [0.1, 0.15) is 44.6 Å². The van der Waals surface area contributed by atoms with Crippen molar-refractivity contribution in [2.24, 2.45) is 4.99 Å². The number of ether oxygens (including phenoxy) is 1. The first-order valence-electron chi connectivity index (χ1n) is 10.3. The molecule has 0 atom stereocenters. The summed E-state index contributed by atoms with van der Waals surface area (Å²) in [5.74, 6) is 1.15. The van der Waals surface area contributed by atoms with Gasteiger partial charge in [-0.15, -0.1) is 24.0 Å². The molecule has 2 aliphatic rings. The molecule has 3 rings (SSSR count). The summed E-state index contributed by atoms with van der Waals surface area (Å²) in [7, 11) is 0. The molecule has 6 nitrogen and oxygen atoms in total. The quantitative estimate of drug-likeness (QED) is 0.317. The number of hydrogen-bond donors (Lipinski definition) is 3. The average Bonchev–Trinajstić information content (AvgIpc) is 2.72. The average molecular weight is 502 g/mol. The van der Waals surface area contributed by atoms with Crippen LogP contribution in [0.25, 0.3) is 0 Å². The van der Waals surface area contributed by atoms with Gasteiger partial charge >= 0.3 is 0 Å². The molecule has 0 amide bonds. The van der Waals surface area contributed by atoms with Gasteiger partial charge in [0.15, 0.2) is 5.96 Å². The lowest BCUT2D eigenvalue weighted by molar-refractivity contribution is -0.0352. The van der Waals surface area contributed by atoms with Gasteiger partial charge in [-0.25, -0.2) is 4.99 Å². The van der Waals surface area contributed by atoms with Gasteiger partial charge in [0.2, 0.25) is 0 Å². The summed E-state index contributed by atoms with van der Waals surface area (Å²) in [5.41, 5.74) is 1.31. The number of benzene rings is 1. The lowest BCUT2D eigenvalue weighted by atomic mass is 9.80. The van der Waals surface area contributed by atoms with Gasteiger partial charge in [0.25, 0.3) is 0 Å². The second-order valence-electron chi connectivity index (χ2n) is 7.60. The van der Waals surface area contributed by atoms with Gasteiger partial charge < -0.3 is 20.5 Å². The van der Waals surface area contributed by atoms with Crippen LogP contribution in [0, 0.1) is 0 Å². The molecular weight excluding hydrogens is 467 g/mol. The van der Waals surface area contributed by atoms with Crippen LogP contribution >= 0.6 is 24.0 Å². The number of hydrogen-bond acceptors (Lipinski definition) is 4. The number of morpholine rings is 1. The molecule has 1 saturated heterocycles. The second-order valence-corrected chi connectivity index (χ2v) is 7.60. The van der Waals surface area contributed by atoms with Crippen LogP contribution in [0.3, 0.4) is 0 Å². The third kappa shape index (κ3) is 6.49. The van der Waals surface area contributed by atoms with Crippen molar-refractivity contribution in [3.05, 3.63) is 29.8 Å². The van der Waals surface area contributed by atoms with Gasteiger partial charge in [0.1, 0.15) is 5.75 Å². The fraction of sp³-hybridized carbons (Fsp3) is 0.667. The highest BCUT2D eigenvalue weighted by atomic mass is 127. The van der Waals surface area contributed by atoms with E-state index in [1.54, 1.807) is 12.1 Å². The van der Waals surface area contributed by atoms with Crippen molar-refractivity contribution < 1.29 is 9.84 Å². The van der Waals surface area contributed by atoms with Crippen molar-refractivity contribution in [1.29, 1.82) is 0 Å². The van der Waals surface area contributed by atoms with Gasteiger partial charge in [-0.05, 0) is 37.5 Å². The van der Waals surface area contributed by atoms with E-state index in [0.717, 1.165) is 50.9 Å². The smallest absolute Gasteiger partial charge is 0.191 e. The van der Waals surface area contributed by atoms with Crippen molar-refractivity contribution in [1.82, 2.24) is 15.5 Å². The zero-order valence-corrected chi connectivity index (χ0v) is 19.3. The summed E-state index contributed by atoms with van der Waals surface area (Å²) in [6.45, 7) is 8.20. The van der Waals surface area contributed by atoms with Crippen LogP contribution in [-0.2, 0) is 11.3 Å². The van der Waals surface area contributed by atoms with Gasteiger partial charge in [0.05, 0.1) is 19.8 Å². The number of phenolic OH excluding ortho intramolecular Hbond substituents is 1. The van der Waals surface area contributed by atoms with Crippen molar-refractivity contribution >= 4 is 29.9 Å². The van der Waals surface area contributed by atoms with Gasteiger partial charge in [-0.1, -0.05) is 31.4 Å². The maximum absolute atomic E-state index is 9.42. The van der Waals surface area contributed by atoms with E-state index < -0.39 is 0 Å². The third-order valence-corrected chi connectivity index (χ3v) is 5.75. The fourth-order valence-corrected chi connectivity index (χ4v) is 4.21. The lowest BCUT2D eigenvalue weighted by Crippen LogP contribution is -2.60. The maximum atomic E-state index is 9.42. The largest absolute Gasteiger partial charge is 0.508 e. The molecule has 0 bridgehead atoms. The van der Waals surface area contributed by atoms with Crippen LogP contribution in [-0.4, -0.2) is 60.9 Å². The minimum atomic E-state index is 0. The van der Waals surface area contributed by atoms with Crippen LogP contribution in [0.2, 0.25) is 0 Å². The first kappa shape index (κ1) is 23.2. The van der Waals surface area contributed by atoms with Crippen LogP contribution < -0.4 is 10.6 Å². The molecule has 158 valence electrons. The molecule has 7 heteroatoms. The predicted molar refractivity (Wildman–Crippen MR) is 125 cm³/mol. The molecule has 1 aromatic carbocycles. The number of rotatable bonds is 6. The summed E-state index contributed by atoms with van der Waals surface area (Å²) in [4.78, 5) is 7.39. The molecule has 0 unspecified atom stereocenters. The van der Waals surface area contributed by atoms with Crippen LogP contribution in [0.5, 0.6) is 5.75 Å². The highest BCUT2D eigenvalue weighted by molar-refractivity contribution is 14.0. The summed E-state index contributed by atoms with van der Waals surface area (Å²) < 4.78 is 5.58. The van der Waals surface area contributed by atoms with E-state index in [0.29, 0.717) is 6.54 Å². The summed E-state index contributed by atoms with van der Waals surface area (Å²) in [6.07, 6.45) is 6.45. The molecular formula is C21H35IN4O2. The molecule has 3 N–H and O–H groups in total. The minimum Gasteiger partial charge on any atom is -0.508 e. The first-order chi connectivity index (χ1) is 13.2. The molecule has 1 aliphatic heterocycles. The number of aromatic hydroxyl groups is 1. The number of nitrogens with zero attached hydrogens (tertiary/aromatic N) is 2. The molecule has 0 radical (unpaired) electrons. The van der Waals surface area contributed by atoms with Crippen LogP contribution in [0.15, 0.2) is 29.3 Å². The zero-order valence-electron chi connectivity index (χ0n) is 17.0. The predicted octanol–water partition coefficient (Wildman–Crippen LogP) is 3.10. The molecule has 0 spiro atoms. The summed E-state index contributed by atoms with van der Waals surface area (Å²) >= 11 is 0. The Bertz CT molecular complexity index is 597. The van der Waals surface area contributed by atoms with Gasteiger partial charge in [-0.2, -0.15) is 0 Å². The highest BCUT2D eigenvalue weighted by Gasteiger charge is 2.38. The zero-order chi connectivity index (χ0) is 19.0. The van der Waals surface area contributed by atoms with E-state index >= 15 is 0 Å². The van der Waals surface area contributed by atoms with E-state index in [-0.39, 0.29) is 35.3 Å². The number of nitrogens with one attached hydrogen (secondary N) is 2. The van der Waals surface area contributed by atoms with Gasteiger partial charge in [-0.3, -0.25) is 4.90 Å². The van der Waals surface area contributed by atoms with Crippen molar-refractivity contribution in [3.63, 3.8) is 0 Å². The fourth-order valence-electron chi connectivity index (χ4n) is 4.21. The van der Waals surface area contributed by atoms with E-state index in [1.807, 2.05) is 12.1 Å². The molecule has 1 heterocycles. The first-order valence-corrected chi connectivity index (χ1v) is 10.3. The molecule has 1 aromatic rings. The normalized spacial score (nSPS) is 20.2. The van der Waals surface area contributed by atoms with Crippen molar-refractivity contribution in [3.8, 4) is 5.75 Å². The number of halogens is 1. The Hall–Kier alpha value is -1.06. The molecule has 2 fully saturated rings. The standard InChI is InChI=1S/C21H34N4O2.HI/c1-2-22-20(23-16-18-6-8-19(26)9-7-18)24-17-21(10-4-3-5-11-21)25-12-14-27-15-13-25;/h6-9,26H,2-5,10-17H2,1H3,(H2,22,23,24);1H. The molecule has 28 heavy (non-hydrogen) atoms. The van der Waals surface area contributed by atoms with Crippen LogP contribution in [0.4, 0.5) is 0 Å². The van der Waals surface area contributed by atoms with E-state index in [2.05, 4.69) is 22.5 Å². The third-order valence-electron chi connectivity index (χ3n) is 5.75. The molecule has 1 saturated carbocycles. The van der Waals surface area contributed by atoms with E-state index in [4.69, 9.17) is 9.73 Å². The Morgan fingerprint density at radius 1 is 1.11 bits per heavy atom. The van der Waals surface area contributed by atoms with Crippen molar-refractivity contribution in [2.45, 2.75) is 51.1 Å². The van der Waals surface area contributed by atoms with E-state index in [1.165, 1.54) is 32.1 Å². The second kappa shape index (κ2) is 11.8. The van der Waals surface area contributed by atoms with Gasteiger partial charge in [0, 0.05) is 31.7 Å². The lowest BCUT2D eigenvalue weighted by Gasteiger charge is -2.48. The van der Waals surface area contributed by atoms with Crippen molar-refractivity contribution in [2.75, 3.05) is 39.4 Å². The molecule has 1 aliphatic carbocycles. The summed E-state index contributed by atoms with van der Waals surface area (Å²) in [5, 5.41) is 16.4. The Labute approximate surface area is 186 Å². The Morgan fingerprint density at radius 2 is 1.79 bits per heavy atom. The monoisotopic (exact) mass is 502 g/mol. The Kier molecular flexibility index (Phi) is 9.81. The highest BCUT2D eigenvalue weighted by Crippen LogP contribution is 2.33. The Balaban J connectivity index is 0.00000280. The van der Waals surface area contributed by atoms with E-state index in [9.17, 15) is 5.11 Å². The SMILES string of the molecule is CCNC(=NCc1ccc(O)cc1)NCC1(N2CCOCC2)CCCCC1.I. The molecule has 0 aromatic heterocycles. The number of aliphatic imine (C=N–C) groups is 1.